The van der Waals surface area contributed by atoms with E-state index in [1.54, 1.807) is 6.20 Å². The molecule has 4 heterocycles. The van der Waals surface area contributed by atoms with Gasteiger partial charge in [0.2, 0.25) is 0 Å². The number of hydrogen-bond donors (Lipinski definition) is 3. The largest absolute Gasteiger partial charge is 0.308 e. The summed E-state index contributed by atoms with van der Waals surface area (Å²) in [5.74, 6) is 0.459. The van der Waals surface area contributed by atoms with E-state index < -0.39 is 6.17 Å². The van der Waals surface area contributed by atoms with Crippen LogP contribution in [0.25, 0.3) is 20.7 Å². The van der Waals surface area contributed by atoms with Crippen LogP contribution in [-0.2, 0) is 0 Å². The average molecular weight is 345 g/mol. The van der Waals surface area contributed by atoms with E-state index in [4.69, 9.17) is 0 Å². The minimum Gasteiger partial charge on any atom is -0.308 e. The first kappa shape index (κ1) is 14.3. The topological polar surface area (TPSA) is 86.5 Å². The molecular weight excluding hydrogens is 329 g/mol. The molecule has 124 valence electrons. The van der Waals surface area contributed by atoms with E-state index in [-0.39, 0.29) is 23.6 Å². The van der Waals surface area contributed by atoms with Gasteiger partial charge in [-0.15, -0.1) is 11.3 Å². The minimum absolute atomic E-state index is 0.0928. The lowest BCUT2D eigenvalue weighted by molar-refractivity contribution is 0.196. The van der Waals surface area contributed by atoms with Crippen LogP contribution in [0.2, 0.25) is 0 Å². The number of piperidine rings is 1. The molecule has 3 N–H and O–H groups in total. The lowest BCUT2D eigenvalue weighted by Crippen LogP contribution is -2.36. The molecule has 0 amide bonds. The number of nitrogens with zero attached hydrogens (tertiary/aromatic N) is 2. The van der Waals surface area contributed by atoms with E-state index in [2.05, 4.69) is 25.5 Å². The number of thiophene rings is 1. The van der Waals surface area contributed by atoms with Crippen LogP contribution < -0.4 is 10.9 Å². The maximum atomic E-state index is 14.0. The maximum Gasteiger partial charge on any atom is 0.268 e. The summed E-state index contributed by atoms with van der Waals surface area (Å²) in [7, 11) is 0. The molecule has 1 saturated heterocycles. The van der Waals surface area contributed by atoms with Crippen molar-refractivity contribution in [3.63, 3.8) is 0 Å². The van der Waals surface area contributed by atoms with Gasteiger partial charge in [0.25, 0.3) is 5.56 Å². The van der Waals surface area contributed by atoms with Crippen molar-refractivity contribution >= 4 is 21.6 Å². The van der Waals surface area contributed by atoms with E-state index in [1.165, 1.54) is 11.3 Å². The molecule has 1 saturated carbocycles. The molecule has 3 unspecified atom stereocenters. The molecule has 3 aromatic rings. The minimum atomic E-state index is -0.811. The Hall–Kier alpha value is -2.06. The summed E-state index contributed by atoms with van der Waals surface area (Å²) in [6, 6.07) is 1.91. The molecule has 3 aromatic heterocycles. The normalized spacial score (nSPS) is 28.9. The van der Waals surface area contributed by atoms with Gasteiger partial charge >= 0.3 is 0 Å². The summed E-state index contributed by atoms with van der Waals surface area (Å²) in [6.07, 6.45) is 2.32. The average Bonchev–Trinajstić information content (AvgIpc) is 3.28. The third kappa shape index (κ3) is 1.99. The molecule has 24 heavy (non-hydrogen) atoms. The van der Waals surface area contributed by atoms with Crippen LogP contribution in [0.5, 0.6) is 0 Å². The SMILES string of the molecule is Cc1[nH]ncc1-c1cc2nc([C@H]3NC4CC(F)C3C4)[nH]c(=O)c2s1. The number of rotatable bonds is 2. The second-order valence-electron chi connectivity index (χ2n) is 6.68. The summed E-state index contributed by atoms with van der Waals surface area (Å²) < 4.78 is 14.6. The zero-order valence-corrected chi connectivity index (χ0v) is 13.8. The number of H-pyrrole nitrogens is 2. The van der Waals surface area contributed by atoms with E-state index in [0.29, 0.717) is 22.5 Å². The number of alkyl halides is 1. The van der Waals surface area contributed by atoms with Crippen molar-refractivity contribution in [1.82, 2.24) is 25.5 Å². The third-order valence-electron chi connectivity index (χ3n) is 5.17. The molecular formula is C16H16FN5OS. The highest BCUT2D eigenvalue weighted by atomic mass is 32.1. The molecule has 1 aliphatic carbocycles. The van der Waals surface area contributed by atoms with Crippen molar-refractivity contribution in [3.05, 3.63) is 34.1 Å². The van der Waals surface area contributed by atoms with Crippen LogP contribution in [0.3, 0.4) is 0 Å². The lowest BCUT2D eigenvalue weighted by atomic mass is 9.97. The fraction of sp³-hybridized carbons (Fsp3) is 0.438. The Morgan fingerprint density at radius 3 is 2.96 bits per heavy atom. The van der Waals surface area contributed by atoms with Gasteiger partial charge in [0, 0.05) is 28.1 Å². The van der Waals surface area contributed by atoms with Crippen LogP contribution in [0, 0.1) is 12.8 Å². The van der Waals surface area contributed by atoms with E-state index >= 15 is 0 Å². The van der Waals surface area contributed by atoms with Gasteiger partial charge in [0.05, 0.1) is 17.8 Å². The number of aryl methyl sites for hydroxylation is 1. The van der Waals surface area contributed by atoms with Crippen molar-refractivity contribution in [2.45, 2.75) is 38.0 Å². The Balaban J connectivity index is 1.60. The van der Waals surface area contributed by atoms with Gasteiger partial charge in [0.15, 0.2) is 0 Å². The zero-order chi connectivity index (χ0) is 16.4. The Morgan fingerprint density at radius 1 is 1.38 bits per heavy atom. The molecule has 4 atom stereocenters. The van der Waals surface area contributed by atoms with Gasteiger partial charge in [-0.05, 0) is 25.8 Å². The molecule has 2 fully saturated rings. The molecule has 1 aliphatic heterocycles. The number of hydrogen-bond acceptors (Lipinski definition) is 5. The number of halogens is 1. The predicted molar refractivity (Wildman–Crippen MR) is 89.8 cm³/mol. The van der Waals surface area contributed by atoms with Crippen LogP contribution in [0.1, 0.15) is 30.4 Å². The molecule has 0 aromatic carbocycles. The second-order valence-corrected chi connectivity index (χ2v) is 7.73. The quantitative estimate of drug-likeness (QED) is 0.666. The predicted octanol–water partition coefficient (Wildman–Crippen LogP) is 2.44. The molecule has 5 rings (SSSR count). The molecule has 8 heteroatoms. The first-order chi connectivity index (χ1) is 11.6. The zero-order valence-electron chi connectivity index (χ0n) is 13.0. The highest BCUT2D eigenvalue weighted by Crippen LogP contribution is 2.44. The van der Waals surface area contributed by atoms with Gasteiger partial charge in [-0.3, -0.25) is 9.89 Å². The van der Waals surface area contributed by atoms with Crippen molar-refractivity contribution in [3.8, 4) is 10.4 Å². The van der Waals surface area contributed by atoms with Gasteiger partial charge < -0.3 is 10.3 Å². The standard InChI is InChI=1S/C16H16FN5OS/c1-6-9(5-18-22-6)12-4-11-14(24-12)16(23)21-15(20-11)13-8-2-7(19-13)3-10(8)17/h4-5,7-8,10,13,19H,2-3H2,1H3,(H,18,22)(H,20,21,23)/t7?,8?,10?,13-/m0/s1. The first-order valence-corrected chi connectivity index (χ1v) is 8.86. The van der Waals surface area contributed by atoms with Crippen molar-refractivity contribution in [2.24, 2.45) is 5.92 Å². The molecule has 2 aliphatic rings. The molecule has 0 radical (unpaired) electrons. The van der Waals surface area contributed by atoms with Crippen molar-refractivity contribution in [1.29, 1.82) is 0 Å². The summed E-state index contributed by atoms with van der Waals surface area (Å²) in [5, 5.41) is 10.3. The van der Waals surface area contributed by atoms with Crippen molar-refractivity contribution in [2.75, 3.05) is 0 Å². The Kier molecular flexibility index (Phi) is 2.96. The summed E-state index contributed by atoms with van der Waals surface area (Å²) in [4.78, 5) is 20.9. The number of fused-ring (bicyclic) bond motifs is 3. The molecule has 6 nitrogen and oxygen atoms in total. The van der Waals surface area contributed by atoms with Crippen LogP contribution in [0.15, 0.2) is 17.1 Å². The van der Waals surface area contributed by atoms with E-state index in [0.717, 1.165) is 22.6 Å². The smallest absolute Gasteiger partial charge is 0.268 e. The third-order valence-corrected chi connectivity index (χ3v) is 6.32. The molecule has 0 spiro atoms. The monoisotopic (exact) mass is 345 g/mol. The van der Waals surface area contributed by atoms with Crippen LogP contribution in [0.4, 0.5) is 4.39 Å². The first-order valence-electron chi connectivity index (χ1n) is 8.04. The van der Waals surface area contributed by atoms with Crippen LogP contribution in [-0.4, -0.2) is 32.4 Å². The number of aromatic amines is 2. The van der Waals surface area contributed by atoms with E-state index in [1.807, 2.05) is 13.0 Å². The number of aromatic nitrogens is 4. The second kappa shape index (κ2) is 4.97. The maximum absolute atomic E-state index is 14.0. The summed E-state index contributed by atoms with van der Waals surface area (Å²) in [6.45, 7) is 1.94. The summed E-state index contributed by atoms with van der Waals surface area (Å²) in [5.41, 5.74) is 2.43. The Bertz CT molecular complexity index is 992. The van der Waals surface area contributed by atoms with Gasteiger partial charge in [-0.25, -0.2) is 9.37 Å². The fourth-order valence-electron chi connectivity index (χ4n) is 4.00. The van der Waals surface area contributed by atoms with Crippen molar-refractivity contribution < 1.29 is 4.39 Å². The van der Waals surface area contributed by atoms with Gasteiger partial charge in [-0.1, -0.05) is 0 Å². The highest BCUT2D eigenvalue weighted by molar-refractivity contribution is 7.22. The van der Waals surface area contributed by atoms with Gasteiger partial charge in [0.1, 0.15) is 16.7 Å². The van der Waals surface area contributed by atoms with E-state index in [9.17, 15) is 9.18 Å². The highest BCUT2D eigenvalue weighted by Gasteiger charge is 2.48. The Morgan fingerprint density at radius 2 is 2.25 bits per heavy atom. The fourth-order valence-corrected chi connectivity index (χ4v) is 5.06. The number of nitrogens with one attached hydrogen (secondary N) is 3. The lowest BCUT2D eigenvalue weighted by Gasteiger charge is -2.24. The molecule has 2 bridgehead atoms. The summed E-state index contributed by atoms with van der Waals surface area (Å²) >= 11 is 1.40. The van der Waals surface area contributed by atoms with Crippen LogP contribution >= 0.6 is 11.3 Å². The van der Waals surface area contributed by atoms with Gasteiger partial charge in [-0.2, -0.15) is 5.10 Å². The Labute approximate surface area is 140 Å².